The number of aromatic nitrogens is 2. The summed E-state index contributed by atoms with van der Waals surface area (Å²) in [6.45, 7) is 0. The Hall–Kier alpha value is -2.63. The van der Waals surface area contributed by atoms with Crippen molar-refractivity contribution >= 4 is 35.3 Å². The molecule has 0 aliphatic rings. The number of benzene rings is 2. The molecule has 3 rings (SSSR count). The van der Waals surface area contributed by atoms with Crippen LogP contribution in [0.5, 0.6) is 0 Å². The van der Waals surface area contributed by atoms with Crippen LogP contribution in [-0.4, -0.2) is 22.3 Å². The zero-order valence-electron chi connectivity index (χ0n) is 12.3. The number of nitrogens with zero attached hydrogens (tertiary/aromatic N) is 2. The molecule has 0 radical (unpaired) electrons. The Balaban J connectivity index is 1.72. The summed E-state index contributed by atoms with van der Waals surface area (Å²) in [7, 11) is 0. The van der Waals surface area contributed by atoms with Crippen LogP contribution in [0.3, 0.4) is 0 Å². The van der Waals surface area contributed by atoms with Crippen molar-refractivity contribution in [2.24, 2.45) is 5.10 Å². The van der Waals surface area contributed by atoms with E-state index in [1.54, 1.807) is 30.5 Å². The highest BCUT2D eigenvalue weighted by molar-refractivity contribution is 6.35. The van der Waals surface area contributed by atoms with Crippen molar-refractivity contribution in [3.8, 4) is 11.3 Å². The largest absolute Gasteiger partial charge is 0.289 e. The molecule has 24 heavy (non-hydrogen) atoms. The zero-order chi connectivity index (χ0) is 16.9. The number of H-pyrrole nitrogens is 1. The van der Waals surface area contributed by atoms with Gasteiger partial charge in [0.1, 0.15) is 5.69 Å². The van der Waals surface area contributed by atoms with Crippen LogP contribution in [0.15, 0.2) is 59.7 Å². The minimum atomic E-state index is -0.404. The monoisotopic (exact) mass is 358 g/mol. The van der Waals surface area contributed by atoms with Crippen LogP contribution in [0.1, 0.15) is 16.1 Å². The summed E-state index contributed by atoms with van der Waals surface area (Å²) in [4.78, 5) is 12.1. The van der Waals surface area contributed by atoms with Crippen LogP contribution in [-0.2, 0) is 0 Å². The number of rotatable bonds is 4. The second-order valence-electron chi connectivity index (χ2n) is 4.90. The van der Waals surface area contributed by atoms with Crippen LogP contribution in [0.25, 0.3) is 11.3 Å². The molecule has 2 aromatic carbocycles. The standard InChI is InChI=1S/C17H12Cl2N4O/c18-12-6-7-14(19)13(8-12)15-9-16(22-21-15)17(24)23-20-10-11-4-2-1-3-5-11/h1-10H,(H,21,22)(H,23,24)/b20-10-. The van der Waals surface area contributed by atoms with Gasteiger partial charge >= 0.3 is 0 Å². The summed E-state index contributed by atoms with van der Waals surface area (Å²) in [5.41, 5.74) is 4.76. The van der Waals surface area contributed by atoms with E-state index in [9.17, 15) is 4.79 Å². The molecule has 0 unspecified atom stereocenters. The number of amides is 1. The molecular formula is C17H12Cl2N4O. The van der Waals surface area contributed by atoms with Crippen LogP contribution in [0.2, 0.25) is 10.0 Å². The van der Waals surface area contributed by atoms with Gasteiger partial charge in [0.2, 0.25) is 0 Å². The normalized spacial score (nSPS) is 10.9. The molecule has 5 nitrogen and oxygen atoms in total. The minimum Gasteiger partial charge on any atom is -0.272 e. The second kappa shape index (κ2) is 7.29. The van der Waals surface area contributed by atoms with Gasteiger partial charge in [-0.05, 0) is 29.8 Å². The van der Waals surface area contributed by atoms with Crippen molar-refractivity contribution in [1.82, 2.24) is 15.6 Å². The predicted octanol–water partition coefficient (Wildman–Crippen LogP) is 4.15. The summed E-state index contributed by atoms with van der Waals surface area (Å²) in [6, 6.07) is 16.1. The van der Waals surface area contributed by atoms with Crippen LogP contribution in [0.4, 0.5) is 0 Å². The Morgan fingerprint density at radius 2 is 1.92 bits per heavy atom. The molecular weight excluding hydrogens is 347 g/mol. The van der Waals surface area contributed by atoms with Gasteiger partial charge in [0.15, 0.2) is 0 Å². The lowest BCUT2D eigenvalue weighted by Gasteiger charge is -2.00. The molecule has 0 saturated carbocycles. The molecule has 0 saturated heterocycles. The highest BCUT2D eigenvalue weighted by atomic mass is 35.5. The molecule has 1 amide bonds. The molecule has 0 bridgehead atoms. The van der Waals surface area contributed by atoms with Gasteiger partial charge in [0.05, 0.1) is 16.9 Å². The summed E-state index contributed by atoms with van der Waals surface area (Å²) in [5, 5.41) is 11.7. The number of halogens is 2. The first-order chi connectivity index (χ1) is 11.6. The fourth-order valence-electron chi connectivity index (χ4n) is 2.03. The maximum absolute atomic E-state index is 12.1. The number of aromatic amines is 1. The molecule has 0 aliphatic heterocycles. The van der Waals surface area contributed by atoms with E-state index >= 15 is 0 Å². The fourth-order valence-corrected chi connectivity index (χ4v) is 2.42. The lowest BCUT2D eigenvalue weighted by atomic mass is 10.1. The second-order valence-corrected chi connectivity index (χ2v) is 5.74. The fraction of sp³-hybridized carbons (Fsp3) is 0. The Morgan fingerprint density at radius 1 is 1.12 bits per heavy atom. The van der Waals surface area contributed by atoms with E-state index in [0.717, 1.165) is 5.56 Å². The third-order valence-corrected chi connectivity index (χ3v) is 3.77. The van der Waals surface area contributed by atoms with E-state index in [1.807, 2.05) is 30.3 Å². The Labute approximate surface area is 148 Å². The van der Waals surface area contributed by atoms with Gasteiger partial charge in [-0.3, -0.25) is 9.89 Å². The average molecular weight is 359 g/mol. The number of hydrogen-bond acceptors (Lipinski definition) is 3. The van der Waals surface area contributed by atoms with Crippen molar-refractivity contribution in [3.63, 3.8) is 0 Å². The summed E-state index contributed by atoms with van der Waals surface area (Å²) in [5.74, 6) is -0.404. The zero-order valence-corrected chi connectivity index (χ0v) is 13.8. The third-order valence-electron chi connectivity index (χ3n) is 3.21. The number of hydrogen-bond donors (Lipinski definition) is 2. The number of carbonyl (C=O) groups excluding carboxylic acids is 1. The summed E-state index contributed by atoms with van der Waals surface area (Å²) < 4.78 is 0. The SMILES string of the molecule is O=C(N/N=C\c1ccccc1)c1cc(-c2cc(Cl)ccc2Cl)n[nH]1. The van der Waals surface area contributed by atoms with Crippen LogP contribution >= 0.6 is 23.2 Å². The quantitative estimate of drug-likeness (QED) is 0.543. The van der Waals surface area contributed by atoms with Gasteiger partial charge in [-0.15, -0.1) is 0 Å². The van der Waals surface area contributed by atoms with Gasteiger partial charge in [-0.1, -0.05) is 53.5 Å². The molecule has 0 atom stereocenters. The third kappa shape index (κ3) is 3.82. The van der Waals surface area contributed by atoms with Gasteiger partial charge in [0, 0.05) is 10.6 Å². The van der Waals surface area contributed by atoms with E-state index in [0.29, 0.717) is 21.3 Å². The molecule has 2 N–H and O–H groups in total. The number of carbonyl (C=O) groups is 1. The lowest BCUT2D eigenvalue weighted by molar-refractivity contribution is 0.0950. The van der Waals surface area contributed by atoms with Gasteiger partial charge < -0.3 is 0 Å². The van der Waals surface area contributed by atoms with E-state index < -0.39 is 5.91 Å². The molecule has 1 aromatic heterocycles. The van der Waals surface area contributed by atoms with E-state index in [2.05, 4.69) is 20.7 Å². The van der Waals surface area contributed by atoms with Gasteiger partial charge in [-0.25, -0.2) is 5.43 Å². The Bertz CT molecular complexity index is 891. The molecule has 3 aromatic rings. The van der Waals surface area contributed by atoms with Gasteiger partial charge in [0.25, 0.3) is 5.91 Å². The maximum atomic E-state index is 12.1. The summed E-state index contributed by atoms with van der Waals surface area (Å²) >= 11 is 12.1. The van der Waals surface area contributed by atoms with Crippen LogP contribution in [0, 0.1) is 0 Å². The highest BCUT2D eigenvalue weighted by Crippen LogP contribution is 2.29. The smallest absolute Gasteiger partial charge is 0.272 e. The highest BCUT2D eigenvalue weighted by Gasteiger charge is 2.12. The first-order valence-corrected chi connectivity index (χ1v) is 7.78. The van der Waals surface area contributed by atoms with Crippen molar-refractivity contribution in [2.75, 3.05) is 0 Å². The first-order valence-electron chi connectivity index (χ1n) is 7.03. The molecule has 7 heteroatoms. The minimum absolute atomic E-state index is 0.270. The van der Waals surface area contributed by atoms with Crippen molar-refractivity contribution in [3.05, 3.63) is 75.9 Å². The molecule has 0 fully saturated rings. The van der Waals surface area contributed by atoms with E-state index in [4.69, 9.17) is 23.2 Å². The first kappa shape index (κ1) is 16.2. The number of hydrazone groups is 1. The van der Waals surface area contributed by atoms with Gasteiger partial charge in [-0.2, -0.15) is 10.2 Å². The maximum Gasteiger partial charge on any atom is 0.289 e. The molecule has 0 aliphatic carbocycles. The lowest BCUT2D eigenvalue weighted by Crippen LogP contribution is -2.17. The van der Waals surface area contributed by atoms with E-state index in [-0.39, 0.29) is 5.69 Å². The molecule has 120 valence electrons. The Kier molecular flexibility index (Phi) is 4.93. The average Bonchev–Trinajstić information content (AvgIpc) is 3.08. The van der Waals surface area contributed by atoms with Crippen LogP contribution < -0.4 is 5.43 Å². The topological polar surface area (TPSA) is 70.1 Å². The molecule has 0 spiro atoms. The molecule has 1 heterocycles. The van der Waals surface area contributed by atoms with Crippen molar-refractivity contribution in [1.29, 1.82) is 0 Å². The Morgan fingerprint density at radius 3 is 2.71 bits per heavy atom. The van der Waals surface area contributed by atoms with Crippen molar-refractivity contribution in [2.45, 2.75) is 0 Å². The van der Waals surface area contributed by atoms with Crippen molar-refractivity contribution < 1.29 is 4.79 Å². The number of nitrogens with one attached hydrogen (secondary N) is 2. The predicted molar refractivity (Wildman–Crippen MR) is 95.5 cm³/mol. The van der Waals surface area contributed by atoms with E-state index in [1.165, 1.54) is 0 Å². The summed E-state index contributed by atoms with van der Waals surface area (Å²) in [6.07, 6.45) is 1.56.